The van der Waals surface area contributed by atoms with Gasteiger partial charge in [-0.15, -0.1) is 0 Å². The summed E-state index contributed by atoms with van der Waals surface area (Å²) in [6, 6.07) is 22.0. The third-order valence-corrected chi connectivity index (χ3v) is 4.97. The lowest BCUT2D eigenvalue weighted by atomic mass is 10.3. The van der Waals surface area contributed by atoms with Crippen LogP contribution in [-0.2, 0) is 0 Å². The maximum atomic E-state index is 10.2. The molecule has 8 heteroatoms. The summed E-state index contributed by atoms with van der Waals surface area (Å²) in [6.45, 7) is 1.02. The van der Waals surface area contributed by atoms with Crippen LogP contribution in [0.25, 0.3) is 0 Å². The first kappa shape index (κ1) is 25.0. The number of methoxy groups -OCH3 is 2. The van der Waals surface area contributed by atoms with Crippen LogP contribution in [0, 0.1) is 0 Å². The van der Waals surface area contributed by atoms with Crippen molar-refractivity contribution in [1.82, 2.24) is 0 Å². The van der Waals surface area contributed by atoms with Gasteiger partial charge in [0.1, 0.15) is 48.4 Å². The van der Waals surface area contributed by atoms with Crippen molar-refractivity contribution in [3.8, 4) is 23.0 Å². The second-order valence-electron chi connectivity index (χ2n) is 7.62. The van der Waals surface area contributed by atoms with Gasteiger partial charge in [0.25, 0.3) is 0 Å². The van der Waals surface area contributed by atoms with E-state index in [1.165, 1.54) is 0 Å². The number of nitrogens with one attached hydrogen (secondary N) is 2. The molecule has 0 aliphatic carbocycles. The summed E-state index contributed by atoms with van der Waals surface area (Å²) in [4.78, 5) is 0. The van der Waals surface area contributed by atoms with Crippen LogP contribution in [0.1, 0.15) is 0 Å². The van der Waals surface area contributed by atoms with Crippen LogP contribution in [0.3, 0.4) is 0 Å². The molecule has 0 heterocycles. The minimum Gasteiger partial charge on any atom is -0.497 e. The van der Waals surface area contributed by atoms with Crippen molar-refractivity contribution in [3.63, 3.8) is 0 Å². The molecule has 0 bridgehead atoms. The summed E-state index contributed by atoms with van der Waals surface area (Å²) in [5.41, 5.74) is 1.78. The van der Waals surface area contributed by atoms with Crippen molar-refractivity contribution in [2.75, 3.05) is 51.2 Å². The number of ether oxygens (including phenoxy) is 4. The number of hydrogen-bond donors (Lipinski definition) is 4. The Bertz CT molecular complexity index is 884. The van der Waals surface area contributed by atoms with Crippen LogP contribution in [0.2, 0.25) is 0 Å². The van der Waals surface area contributed by atoms with Crippen molar-refractivity contribution in [3.05, 3.63) is 72.8 Å². The predicted octanol–water partition coefficient (Wildman–Crippen LogP) is 3.41. The van der Waals surface area contributed by atoms with Gasteiger partial charge < -0.3 is 39.8 Å². The Morgan fingerprint density at radius 2 is 0.882 bits per heavy atom. The minimum absolute atomic E-state index is 0.152. The first-order valence-corrected chi connectivity index (χ1v) is 11.0. The fraction of sp³-hybridized carbons (Fsp3) is 0.308. The second kappa shape index (κ2) is 13.2. The summed E-state index contributed by atoms with van der Waals surface area (Å²) in [5.74, 6) is 2.80. The van der Waals surface area contributed by atoms with E-state index in [4.69, 9.17) is 18.9 Å². The van der Waals surface area contributed by atoms with Crippen molar-refractivity contribution in [1.29, 1.82) is 0 Å². The topological polar surface area (TPSA) is 101 Å². The molecule has 3 rings (SSSR count). The highest BCUT2D eigenvalue weighted by Gasteiger charge is 2.08. The van der Waals surface area contributed by atoms with Gasteiger partial charge in [-0.3, -0.25) is 0 Å². The van der Waals surface area contributed by atoms with E-state index in [1.807, 2.05) is 48.5 Å². The zero-order chi connectivity index (χ0) is 24.2. The van der Waals surface area contributed by atoms with E-state index in [1.54, 1.807) is 38.5 Å². The molecule has 0 aromatic heterocycles. The Balaban J connectivity index is 1.32. The highest BCUT2D eigenvalue weighted by atomic mass is 16.5. The van der Waals surface area contributed by atoms with Crippen molar-refractivity contribution >= 4 is 11.4 Å². The van der Waals surface area contributed by atoms with E-state index >= 15 is 0 Å². The molecule has 4 N–H and O–H groups in total. The summed E-state index contributed by atoms with van der Waals surface area (Å²) >= 11 is 0. The molecule has 0 saturated heterocycles. The van der Waals surface area contributed by atoms with Crippen LogP contribution in [0.15, 0.2) is 72.8 Å². The second-order valence-corrected chi connectivity index (χ2v) is 7.62. The van der Waals surface area contributed by atoms with E-state index < -0.39 is 12.2 Å². The van der Waals surface area contributed by atoms with Gasteiger partial charge in [-0.25, -0.2) is 0 Å². The SMILES string of the molecule is COc1ccc(NCC(O)COc2ccc(OCC(O)CNc3ccc(OC)cc3)cc2)cc1. The fourth-order valence-corrected chi connectivity index (χ4v) is 3.02. The number of aliphatic hydroxyl groups is 2. The number of anilines is 2. The van der Waals surface area contributed by atoms with Gasteiger partial charge in [0.2, 0.25) is 0 Å². The predicted molar refractivity (Wildman–Crippen MR) is 132 cm³/mol. The summed E-state index contributed by atoms with van der Waals surface area (Å²) in [6.07, 6.45) is -1.35. The zero-order valence-electron chi connectivity index (χ0n) is 19.4. The van der Waals surface area contributed by atoms with Crippen LogP contribution < -0.4 is 29.6 Å². The van der Waals surface area contributed by atoms with E-state index in [0.29, 0.717) is 24.6 Å². The van der Waals surface area contributed by atoms with Gasteiger partial charge in [0, 0.05) is 24.5 Å². The van der Waals surface area contributed by atoms with Gasteiger partial charge in [0.05, 0.1) is 14.2 Å². The van der Waals surface area contributed by atoms with Gasteiger partial charge in [-0.2, -0.15) is 0 Å². The molecule has 0 aliphatic heterocycles. The Kier molecular flexibility index (Phi) is 9.69. The lowest BCUT2D eigenvalue weighted by Crippen LogP contribution is -2.26. The molecule has 3 aromatic rings. The molecule has 0 aliphatic rings. The molecular weight excluding hydrogens is 436 g/mol. The average Bonchev–Trinajstić information content (AvgIpc) is 2.89. The van der Waals surface area contributed by atoms with Crippen LogP contribution in [-0.4, -0.2) is 62.9 Å². The lowest BCUT2D eigenvalue weighted by Gasteiger charge is -2.16. The zero-order valence-corrected chi connectivity index (χ0v) is 19.4. The Morgan fingerprint density at radius 3 is 1.21 bits per heavy atom. The molecule has 34 heavy (non-hydrogen) atoms. The molecule has 0 fully saturated rings. The molecule has 3 aromatic carbocycles. The maximum Gasteiger partial charge on any atom is 0.119 e. The molecule has 182 valence electrons. The van der Waals surface area contributed by atoms with Crippen molar-refractivity contribution < 1.29 is 29.2 Å². The van der Waals surface area contributed by atoms with Gasteiger partial charge >= 0.3 is 0 Å². The van der Waals surface area contributed by atoms with E-state index in [9.17, 15) is 10.2 Å². The smallest absolute Gasteiger partial charge is 0.119 e. The van der Waals surface area contributed by atoms with Crippen molar-refractivity contribution in [2.45, 2.75) is 12.2 Å². The highest BCUT2D eigenvalue weighted by Crippen LogP contribution is 2.19. The Morgan fingerprint density at radius 1 is 0.559 bits per heavy atom. The lowest BCUT2D eigenvalue weighted by molar-refractivity contribution is 0.115. The van der Waals surface area contributed by atoms with Crippen molar-refractivity contribution in [2.24, 2.45) is 0 Å². The summed E-state index contributed by atoms with van der Waals surface area (Å²) in [7, 11) is 3.24. The molecule has 0 amide bonds. The summed E-state index contributed by atoms with van der Waals surface area (Å²) in [5, 5.41) is 26.6. The Hall–Kier alpha value is -3.62. The first-order valence-electron chi connectivity index (χ1n) is 11.0. The third kappa shape index (κ3) is 8.38. The summed E-state index contributed by atoms with van der Waals surface area (Å²) < 4.78 is 21.5. The first-order chi connectivity index (χ1) is 16.6. The molecule has 0 radical (unpaired) electrons. The van der Waals surface area contributed by atoms with Crippen LogP contribution in [0.5, 0.6) is 23.0 Å². The number of hydrogen-bond acceptors (Lipinski definition) is 8. The van der Waals surface area contributed by atoms with Crippen LogP contribution >= 0.6 is 0 Å². The third-order valence-electron chi connectivity index (χ3n) is 4.97. The molecule has 2 atom stereocenters. The largest absolute Gasteiger partial charge is 0.497 e. The molecular formula is C26H32N2O6. The average molecular weight is 469 g/mol. The molecule has 2 unspecified atom stereocenters. The minimum atomic E-state index is -0.675. The molecule has 0 saturated carbocycles. The van der Waals surface area contributed by atoms with E-state index in [-0.39, 0.29) is 13.2 Å². The highest BCUT2D eigenvalue weighted by molar-refractivity contribution is 5.47. The number of aliphatic hydroxyl groups excluding tert-OH is 2. The van der Waals surface area contributed by atoms with Gasteiger partial charge in [0.15, 0.2) is 0 Å². The fourth-order valence-electron chi connectivity index (χ4n) is 3.02. The monoisotopic (exact) mass is 468 g/mol. The standard InChI is InChI=1S/C26H32N2O6/c1-31-23-7-3-19(4-8-23)27-15-21(29)17-33-25-11-13-26(14-12-25)34-18-22(30)16-28-20-5-9-24(32-2)10-6-20/h3-14,21-22,27-30H,15-18H2,1-2H3. The number of benzene rings is 3. The molecule has 8 nitrogen and oxygen atoms in total. The quantitative estimate of drug-likeness (QED) is 0.286. The van der Waals surface area contributed by atoms with E-state index in [2.05, 4.69) is 10.6 Å². The Labute approximate surface area is 200 Å². The van der Waals surface area contributed by atoms with Gasteiger partial charge in [-0.1, -0.05) is 0 Å². The number of rotatable bonds is 14. The normalized spacial score (nSPS) is 12.4. The van der Waals surface area contributed by atoms with E-state index in [0.717, 1.165) is 22.9 Å². The molecule has 0 spiro atoms. The maximum absolute atomic E-state index is 10.2. The van der Waals surface area contributed by atoms with Gasteiger partial charge in [-0.05, 0) is 72.8 Å². The van der Waals surface area contributed by atoms with Crippen LogP contribution in [0.4, 0.5) is 11.4 Å².